The number of aromatic nitrogens is 4. The Labute approximate surface area is 140 Å². The van der Waals surface area contributed by atoms with E-state index in [0.717, 1.165) is 22.7 Å². The molecule has 0 atom stereocenters. The SMILES string of the molecule is COCc1ncc(CN(C)Cc2cc(-c3ccccn3)no2)cn1. The molecule has 0 fully saturated rings. The number of nitrogens with zero attached hydrogens (tertiary/aromatic N) is 5. The molecule has 0 aromatic carbocycles. The fourth-order valence-electron chi connectivity index (χ4n) is 2.32. The van der Waals surface area contributed by atoms with Gasteiger partial charge in [0.05, 0.1) is 12.2 Å². The molecule has 0 aliphatic carbocycles. The highest BCUT2D eigenvalue weighted by molar-refractivity contribution is 5.52. The fraction of sp³-hybridized carbons (Fsp3) is 0.294. The Morgan fingerprint density at radius 2 is 1.92 bits per heavy atom. The minimum atomic E-state index is 0.421. The van der Waals surface area contributed by atoms with Gasteiger partial charge >= 0.3 is 0 Å². The fourth-order valence-corrected chi connectivity index (χ4v) is 2.32. The van der Waals surface area contributed by atoms with Gasteiger partial charge in [0.1, 0.15) is 12.3 Å². The van der Waals surface area contributed by atoms with Crippen LogP contribution in [0, 0.1) is 0 Å². The van der Waals surface area contributed by atoms with Crippen molar-refractivity contribution >= 4 is 0 Å². The van der Waals surface area contributed by atoms with Crippen molar-refractivity contribution in [3.05, 3.63) is 60.0 Å². The second-order valence-electron chi connectivity index (χ2n) is 5.51. The van der Waals surface area contributed by atoms with Crippen molar-refractivity contribution in [3.63, 3.8) is 0 Å². The topological polar surface area (TPSA) is 77.2 Å². The molecule has 24 heavy (non-hydrogen) atoms. The molecular formula is C17H19N5O2. The Morgan fingerprint density at radius 1 is 1.08 bits per heavy atom. The number of hydrogen-bond donors (Lipinski definition) is 0. The highest BCUT2D eigenvalue weighted by Crippen LogP contribution is 2.17. The quantitative estimate of drug-likeness (QED) is 0.659. The summed E-state index contributed by atoms with van der Waals surface area (Å²) in [5.41, 5.74) is 2.57. The van der Waals surface area contributed by atoms with Crippen molar-refractivity contribution in [3.8, 4) is 11.4 Å². The first kappa shape index (κ1) is 16.2. The zero-order valence-electron chi connectivity index (χ0n) is 13.7. The molecule has 7 heteroatoms. The molecule has 0 radical (unpaired) electrons. The Morgan fingerprint density at radius 3 is 2.62 bits per heavy atom. The van der Waals surface area contributed by atoms with Crippen LogP contribution in [0.15, 0.2) is 47.4 Å². The van der Waals surface area contributed by atoms with Crippen LogP contribution in [0.3, 0.4) is 0 Å². The van der Waals surface area contributed by atoms with Crippen LogP contribution in [0.2, 0.25) is 0 Å². The molecule has 7 nitrogen and oxygen atoms in total. The maximum atomic E-state index is 5.40. The summed E-state index contributed by atoms with van der Waals surface area (Å²) in [4.78, 5) is 14.9. The zero-order chi connectivity index (χ0) is 16.8. The monoisotopic (exact) mass is 325 g/mol. The van der Waals surface area contributed by atoms with E-state index in [1.165, 1.54) is 0 Å². The first-order valence-electron chi connectivity index (χ1n) is 7.59. The molecular weight excluding hydrogens is 306 g/mol. The summed E-state index contributed by atoms with van der Waals surface area (Å²) in [7, 11) is 3.63. The Bertz CT molecular complexity index is 758. The van der Waals surface area contributed by atoms with Gasteiger partial charge < -0.3 is 9.26 Å². The third kappa shape index (κ3) is 4.21. The third-order valence-electron chi connectivity index (χ3n) is 3.40. The summed E-state index contributed by atoms with van der Waals surface area (Å²) in [5, 5.41) is 4.08. The largest absolute Gasteiger partial charge is 0.377 e. The number of hydrogen-bond acceptors (Lipinski definition) is 7. The van der Waals surface area contributed by atoms with E-state index in [0.29, 0.717) is 25.5 Å². The molecule has 3 aromatic heterocycles. The molecule has 0 aliphatic rings. The van der Waals surface area contributed by atoms with Crippen LogP contribution in [-0.2, 0) is 24.4 Å². The van der Waals surface area contributed by atoms with Crippen molar-refractivity contribution in [2.75, 3.05) is 14.2 Å². The van der Waals surface area contributed by atoms with Crippen LogP contribution >= 0.6 is 0 Å². The van der Waals surface area contributed by atoms with Crippen molar-refractivity contribution in [2.45, 2.75) is 19.7 Å². The Kier molecular flexibility index (Phi) is 5.25. The molecule has 0 bridgehead atoms. The highest BCUT2D eigenvalue weighted by atomic mass is 16.5. The average molecular weight is 325 g/mol. The summed E-state index contributed by atoms with van der Waals surface area (Å²) in [6, 6.07) is 7.62. The van der Waals surface area contributed by atoms with Crippen LogP contribution in [0.5, 0.6) is 0 Å². The molecule has 0 amide bonds. The van der Waals surface area contributed by atoms with Gasteiger partial charge in [-0.25, -0.2) is 9.97 Å². The van der Waals surface area contributed by atoms with Crippen LogP contribution in [0.4, 0.5) is 0 Å². The molecule has 0 saturated heterocycles. The van der Waals surface area contributed by atoms with Gasteiger partial charge in [0.2, 0.25) is 0 Å². The summed E-state index contributed by atoms with van der Waals surface area (Å²) in [6.45, 7) is 1.77. The van der Waals surface area contributed by atoms with E-state index in [1.54, 1.807) is 13.3 Å². The minimum Gasteiger partial charge on any atom is -0.377 e. The van der Waals surface area contributed by atoms with Crippen LogP contribution in [0.25, 0.3) is 11.4 Å². The maximum absolute atomic E-state index is 5.40. The van der Waals surface area contributed by atoms with Gasteiger partial charge in [0, 0.05) is 43.9 Å². The molecule has 0 saturated carbocycles. The molecule has 3 heterocycles. The van der Waals surface area contributed by atoms with E-state index in [4.69, 9.17) is 9.26 Å². The number of rotatable bonds is 7. The molecule has 124 valence electrons. The van der Waals surface area contributed by atoms with Gasteiger partial charge in [-0.3, -0.25) is 9.88 Å². The summed E-state index contributed by atoms with van der Waals surface area (Å²) in [6.07, 6.45) is 5.37. The standard InChI is InChI=1S/C17H19N5O2/c1-22(10-13-8-19-17(12-23-2)20-9-13)11-14-7-16(21-24-14)15-5-3-4-6-18-15/h3-9H,10-12H2,1-2H3. The van der Waals surface area contributed by atoms with E-state index in [2.05, 4.69) is 25.0 Å². The van der Waals surface area contributed by atoms with E-state index in [9.17, 15) is 0 Å². The molecule has 0 N–H and O–H groups in total. The van der Waals surface area contributed by atoms with E-state index >= 15 is 0 Å². The van der Waals surface area contributed by atoms with Crippen molar-refractivity contribution in [2.24, 2.45) is 0 Å². The Balaban J connectivity index is 1.59. The van der Waals surface area contributed by atoms with Gasteiger partial charge in [-0.05, 0) is 19.2 Å². The lowest BCUT2D eigenvalue weighted by molar-refractivity contribution is 0.177. The van der Waals surface area contributed by atoms with Crippen LogP contribution in [-0.4, -0.2) is 39.2 Å². The predicted octanol–water partition coefficient (Wildman–Crippen LogP) is 2.31. The van der Waals surface area contributed by atoms with E-state index in [1.807, 2.05) is 43.7 Å². The van der Waals surface area contributed by atoms with Gasteiger partial charge in [0.25, 0.3) is 0 Å². The predicted molar refractivity (Wildman–Crippen MR) is 87.7 cm³/mol. The normalized spacial score (nSPS) is 11.1. The minimum absolute atomic E-state index is 0.421. The number of methoxy groups -OCH3 is 1. The average Bonchev–Trinajstić information content (AvgIpc) is 3.06. The molecule has 3 aromatic rings. The van der Waals surface area contributed by atoms with Crippen LogP contribution in [0.1, 0.15) is 17.1 Å². The van der Waals surface area contributed by atoms with Crippen molar-refractivity contribution < 1.29 is 9.26 Å². The lowest BCUT2D eigenvalue weighted by Crippen LogP contribution is -2.17. The first-order valence-corrected chi connectivity index (χ1v) is 7.59. The summed E-state index contributed by atoms with van der Waals surface area (Å²) >= 11 is 0. The maximum Gasteiger partial charge on any atom is 0.153 e. The first-order chi connectivity index (χ1) is 11.7. The number of pyridine rings is 1. The second kappa shape index (κ2) is 7.76. The highest BCUT2D eigenvalue weighted by Gasteiger charge is 2.10. The van der Waals surface area contributed by atoms with Crippen molar-refractivity contribution in [1.82, 2.24) is 25.0 Å². The zero-order valence-corrected chi connectivity index (χ0v) is 13.7. The van der Waals surface area contributed by atoms with Gasteiger partial charge in [-0.2, -0.15) is 0 Å². The second-order valence-corrected chi connectivity index (χ2v) is 5.51. The molecule has 0 spiro atoms. The third-order valence-corrected chi connectivity index (χ3v) is 3.40. The van der Waals surface area contributed by atoms with Gasteiger partial charge in [-0.15, -0.1) is 0 Å². The van der Waals surface area contributed by atoms with E-state index < -0.39 is 0 Å². The summed E-state index contributed by atoms with van der Waals surface area (Å²) in [5.74, 6) is 1.47. The lowest BCUT2D eigenvalue weighted by atomic mass is 10.2. The molecule has 0 unspecified atom stereocenters. The van der Waals surface area contributed by atoms with Gasteiger partial charge in [-0.1, -0.05) is 11.2 Å². The lowest BCUT2D eigenvalue weighted by Gasteiger charge is -2.14. The number of ether oxygens (including phenoxy) is 1. The molecule has 3 rings (SSSR count). The van der Waals surface area contributed by atoms with Gasteiger partial charge in [0.15, 0.2) is 11.6 Å². The van der Waals surface area contributed by atoms with Crippen LogP contribution < -0.4 is 0 Å². The molecule has 0 aliphatic heterocycles. The smallest absolute Gasteiger partial charge is 0.153 e. The summed E-state index contributed by atoms with van der Waals surface area (Å²) < 4.78 is 10.4. The van der Waals surface area contributed by atoms with Crippen molar-refractivity contribution in [1.29, 1.82) is 0 Å². The van der Waals surface area contributed by atoms with E-state index in [-0.39, 0.29) is 0 Å². The Hall–Kier alpha value is -2.64.